The molecule has 3 aromatic heterocycles. The smallest absolute Gasteiger partial charge is 0.152 e. The number of nitrogens with two attached hydrogens (primary N) is 1. The number of pyridine rings is 2. The molecule has 3 heterocycles. The van der Waals surface area contributed by atoms with Crippen LogP contribution in [0.2, 0.25) is 0 Å². The fraction of sp³-hybridized carbons (Fsp3) is 0.190. The largest absolute Gasteiger partial charge is 0.382 e. The highest BCUT2D eigenvalue weighted by molar-refractivity contribution is 6.07. The molecule has 0 unspecified atom stereocenters. The number of imidazole rings is 1. The van der Waals surface area contributed by atoms with Crippen molar-refractivity contribution in [1.82, 2.24) is 19.5 Å². The van der Waals surface area contributed by atoms with Crippen LogP contribution >= 0.6 is 0 Å². The number of aromatic nitrogens is 4. The molecule has 2 N–H and O–H groups in total. The summed E-state index contributed by atoms with van der Waals surface area (Å²) in [5.41, 5.74) is 11.0. The van der Waals surface area contributed by atoms with E-state index in [0.717, 1.165) is 39.6 Å². The van der Waals surface area contributed by atoms with Gasteiger partial charge in [-0.3, -0.25) is 4.98 Å². The summed E-state index contributed by atoms with van der Waals surface area (Å²) >= 11 is 0. The van der Waals surface area contributed by atoms with E-state index in [1.807, 2.05) is 30.7 Å². The molecule has 0 aliphatic carbocycles. The van der Waals surface area contributed by atoms with Gasteiger partial charge in [-0.05, 0) is 35.2 Å². The second kappa shape index (κ2) is 6.59. The Kier molecular flexibility index (Phi) is 4.13. The van der Waals surface area contributed by atoms with E-state index < -0.39 is 0 Å². The van der Waals surface area contributed by atoms with E-state index >= 15 is 0 Å². The Hall–Kier alpha value is -3.21. The molecule has 0 amide bonds. The molecule has 0 saturated heterocycles. The molecule has 0 aliphatic rings. The van der Waals surface area contributed by atoms with Crippen molar-refractivity contribution in [2.75, 3.05) is 5.73 Å². The zero-order valence-electron chi connectivity index (χ0n) is 14.9. The molecule has 0 spiro atoms. The van der Waals surface area contributed by atoms with Crippen LogP contribution in [0.5, 0.6) is 0 Å². The lowest BCUT2D eigenvalue weighted by Crippen LogP contribution is -2.03. The van der Waals surface area contributed by atoms with Gasteiger partial charge in [-0.1, -0.05) is 38.1 Å². The Balaban J connectivity index is 1.86. The standard InChI is InChI=1S/C21H21N5/c1-14(2)12-26-13-24-19-20(26)17-10-15(7-8-18(17)25-21(19)22)5-6-16-4-3-9-23-11-16/h3-11,13-14H,12H2,1-2H3,(H2,22,25). The zero-order valence-corrected chi connectivity index (χ0v) is 14.9. The first kappa shape index (κ1) is 16.3. The van der Waals surface area contributed by atoms with Crippen LogP contribution in [-0.2, 0) is 6.54 Å². The first-order valence-corrected chi connectivity index (χ1v) is 8.74. The topological polar surface area (TPSA) is 69.6 Å². The van der Waals surface area contributed by atoms with Gasteiger partial charge in [0, 0.05) is 24.3 Å². The molecule has 0 fully saturated rings. The van der Waals surface area contributed by atoms with Gasteiger partial charge in [0.15, 0.2) is 5.82 Å². The Morgan fingerprint density at radius 1 is 1.15 bits per heavy atom. The first-order chi connectivity index (χ1) is 12.6. The van der Waals surface area contributed by atoms with Gasteiger partial charge in [-0.2, -0.15) is 0 Å². The first-order valence-electron chi connectivity index (χ1n) is 8.74. The van der Waals surface area contributed by atoms with Crippen LogP contribution in [0.25, 0.3) is 34.1 Å². The van der Waals surface area contributed by atoms with Gasteiger partial charge in [0.05, 0.1) is 17.4 Å². The molecule has 0 atom stereocenters. The Labute approximate surface area is 152 Å². The van der Waals surface area contributed by atoms with Gasteiger partial charge >= 0.3 is 0 Å². The van der Waals surface area contributed by atoms with Crippen molar-refractivity contribution in [3.05, 3.63) is 60.2 Å². The fourth-order valence-corrected chi connectivity index (χ4v) is 3.18. The summed E-state index contributed by atoms with van der Waals surface area (Å²) < 4.78 is 2.18. The molecule has 1 aromatic carbocycles. The van der Waals surface area contributed by atoms with Crippen LogP contribution in [0.3, 0.4) is 0 Å². The minimum absolute atomic E-state index is 0.480. The molecule has 0 bridgehead atoms. The van der Waals surface area contributed by atoms with Crippen molar-refractivity contribution in [2.45, 2.75) is 20.4 Å². The van der Waals surface area contributed by atoms with Crippen LogP contribution in [0.15, 0.2) is 49.1 Å². The number of benzene rings is 1. The van der Waals surface area contributed by atoms with Crippen molar-refractivity contribution < 1.29 is 0 Å². The summed E-state index contributed by atoms with van der Waals surface area (Å²) in [7, 11) is 0. The van der Waals surface area contributed by atoms with Gasteiger partial charge in [-0.25, -0.2) is 9.97 Å². The minimum Gasteiger partial charge on any atom is -0.382 e. The van der Waals surface area contributed by atoms with Gasteiger partial charge in [0.1, 0.15) is 5.52 Å². The van der Waals surface area contributed by atoms with Crippen LogP contribution in [0.1, 0.15) is 25.0 Å². The monoisotopic (exact) mass is 343 g/mol. The SMILES string of the molecule is CC(C)Cn1cnc2c(N)nc3ccc(C=Cc4cccnc4)cc3c21. The second-order valence-corrected chi connectivity index (χ2v) is 6.88. The lowest BCUT2D eigenvalue weighted by atomic mass is 10.1. The fourth-order valence-electron chi connectivity index (χ4n) is 3.18. The summed E-state index contributed by atoms with van der Waals surface area (Å²) in [4.78, 5) is 13.2. The number of nitrogen functional groups attached to an aromatic ring is 1. The molecular weight excluding hydrogens is 322 g/mol. The van der Waals surface area contributed by atoms with Crippen molar-refractivity contribution in [1.29, 1.82) is 0 Å². The van der Waals surface area contributed by atoms with Crippen LogP contribution in [0.4, 0.5) is 5.82 Å². The molecular formula is C21H21N5. The maximum atomic E-state index is 6.13. The van der Waals surface area contributed by atoms with Crippen molar-refractivity contribution >= 4 is 39.9 Å². The normalized spacial score (nSPS) is 12.0. The highest BCUT2D eigenvalue weighted by atomic mass is 15.1. The Morgan fingerprint density at radius 3 is 2.77 bits per heavy atom. The lowest BCUT2D eigenvalue weighted by Gasteiger charge is -2.10. The van der Waals surface area contributed by atoms with Crippen LogP contribution in [0, 0.1) is 5.92 Å². The van der Waals surface area contributed by atoms with Crippen LogP contribution < -0.4 is 5.73 Å². The average Bonchev–Trinajstić information content (AvgIpc) is 3.05. The summed E-state index contributed by atoms with van der Waals surface area (Å²) in [6, 6.07) is 10.2. The van der Waals surface area contributed by atoms with E-state index in [2.05, 4.69) is 57.7 Å². The number of hydrogen-bond donors (Lipinski definition) is 1. The average molecular weight is 343 g/mol. The molecule has 4 rings (SSSR count). The summed E-state index contributed by atoms with van der Waals surface area (Å²) in [6.45, 7) is 5.28. The van der Waals surface area contributed by atoms with Crippen molar-refractivity contribution in [2.24, 2.45) is 5.92 Å². The second-order valence-electron chi connectivity index (χ2n) is 6.88. The highest BCUT2D eigenvalue weighted by Crippen LogP contribution is 2.29. The van der Waals surface area contributed by atoms with E-state index in [-0.39, 0.29) is 0 Å². The third-order valence-corrected chi connectivity index (χ3v) is 4.31. The number of rotatable bonds is 4. The molecule has 0 aliphatic heterocycles. The van der Waals surface area contributed by atoms with Gasteiger partial charge in [0.25, 0.3) is 0 Å². The maximum absolute atomic E-state index is 6.13. The minimum atomic E-state index is 0.480. The predicted molar refractivity (Wildman–Crippen MR) is 107 cm³/mol. The third kappa shape index (κ3) is 3.04. The van der Waals surface area contributed by atoms with Gasteiger partial charge in [-0.15, -0.1) is 0 Å². The molecule has 4 aromatic rings. The van der Waals surface area contributed by atoms with Crippen molar-refractivity contribution in [3.8, 4) is 0 Å². The predicted octanol–water partition coefficient (Wildman–Crippen LogP) is 4.39. The van der Waals surface area contributed by atoms with E-state index in [1.165, 1.54) is 0 Å². The zero-order chi connectivity index (χ0) is 18.1. The van der Waals surface area contributed by atoms with Crippen LogP contribution in [-0.4, -0.2) is 19.5 Å². The molecule has 5 nitrogen and oxygen atoms in total. The lowest BCUT2D eigenvalue weighted by molar-refractivity contribution is 0.533. The highest BCUT2D eigenvalue weighted by Gasteiger charge is 2.13. The number of nitrogens with zero attached hydrogens (tertiary/aromatic N) is 4. The molecule has 26 heavy (non-hydrogen) atoms. The van der Waals surface area contributed by atoms with Crippen molar-refractivity contribution in [3.63, 3.8) is 0 Å². The quantitative estimate of drug-likeness (QED) is 0.597. The van der Waals surface area contributed by atoms with E-state index in [9.17, 15) is 0 Å². The maximum Gasteiger partial charge on any atom is 0.152 e. The molecule has 0 saturated carbocycles. The summed E-state index contributed by atoms with van der Waals surface area (Å²) in [5.74, 6) is 0.999. The molecule has 0 radical (unpaired) electrons. The summed E-state index contributed by atoms with van der Waals surface area (Å²) in [6.07, 6.45) is 9.62. The Bertz CT molecular complexity index is 1090. The molecule has 130 valence electrons. The Morgan fingerprint density at radius 2 is 2.00 bits per heavy atom. The third-order valence-electron chi connectivity index (χ3n) is 4.31. The number of hydrogen-bond acceptors (Lipinski definition) is 4. The number of fused-ring (bicyclic) bond motifs is 3. The van der Waals surface area contributed by atoms with E-state index in [4.69, 9.17) is 5.73 Å². The molecule has 5 heteroatoms. The number of anilines is 1. The summed E-state index contributed by atoms with van der Waals surface area (Å²) in [5, 5.41) is 1.07. The van der Waals surface area contributed by atoms with E-state index in [1.54, 1.807) is 6.20 Å². The van der Waals surface area contributed by atoms with Gasteiger partial charge < -0.3 is 10.3 Å². The van der Waals surface area contributed by atoms with E-state index in [0.29, 0.717) is 11.7 Å². The van der Waals surface area contributed by atoms with Gasteiger partial charge in [0.2, 0.25) is 0 Å².